The summed E-state index contributed by atoms with van der Waals surface area (Å²) < 4.78 is 1.06. The van der Waals surface area contributed by atoms with Gasteiger partial charge in [0.05, 0.1) is 0 Å². The third-order valence-electron chi connectivity index (χ3n) is 2.21. The average molecular weight is 346 g/mol. The Kier molecular flexibility index (Phi) is 4.74. The normalized spacial score (nSPS) is 10.3. The van der Waals surface area contributed by atoms with Gasteiger partial charge in [0.15, 0.2) is 5.13 Å². The minimum absolute atomic E-state index is 0.0539. The van der Waals surface area contributed by atoms with E-state index in [1.165, 1.54) is 16.9 Å². The van der Waals surface area contributed by atoms with E-state index in [0.29, 0.717) is 5.13 Å². The molecule has 0 aliphatic carbocycles. The van der Waals surface area contributed by atoms with E-state index in [0.717, 1.165) is 15.8 Å². The lowest BCUT2D eigenvalue weighted by molar-refractivity contribution is -0.113. The van der Waals surface area contributed by atoms with Gasteiger partial charge < -0.3 is 5.32 Å². The zero-order valence-electron chi connectivity index (χ0n) is 9.32. The second kappa shape index (κ2) is 6.31. The highest BCUT2D eigenvalue weighted by molar-refractivity contribution is 9.10. The van der Waals surface area contributed by atoms with Crippen molar-refractivity contribution in [3.63, 3.8) is 0 Å². The zero-order valence-corrected chi connectivity index (χ0v) is 12.5. The molecule has 0 radical (unpaired) electrons. The molecule has 6 heteroatoms. The Labute approximate surface area is 122 Å². The fourth-order valence-electron chi connectivity index (χ4n) is 1.40. The highest BCUT2D eigenvalue weighted by Crippen LogP contribution is 2.22. The van der Waals surface area contributed by atoms with Crippen molar-refractivity contribution in [2.45, 2.75) is 6.42 Å². The molecule has 0 aliphatic heterocycles. The summed E-state index contributed by atoms with van der Waals surface area (Å²) in [4.78, 5) is 16.3. The first-order valence-corrected chi connectivity index (χ1v) is 7.37. The van der Waals surface area contributed by atoms with Crippen molar-refractivity contribution in [3.8, 4) is 0 Å². The van der Waals surface area contributed by atoms with E-state index in [4.69, 9.17) is 11.6 Å². The summed E-state index contributed by atoms with van der Waals surface area (Å²) in [5, 5.41) is 3.23. The molecule has 0 unspecified atom stereocenters. The summed E-state index contributed by atoms with van der Waals surface area (Å²) in [6.07, 6.45) is 2.58. The molecule has 1 amide bonds. The third kappa shape index (κ3) is 3.80. The third-order valence-corrected chi connectivity index (χ3v) is 3.90. The van der Waals surface area contributed by atoms with Gasteiger partial charge in [0, 0.05) is 22.0 Å². The molecular formula is C12H10BrClN2OS. The van der Waals surface area contributed by atoms with Gasteiger partial charge in [-0.3, -0.25) is 4.79 Å². The molecule has 1 heterocycles. The van der Waals surface area contributed by atoms with Gasteiger partial charge in [-0.25, -0.2) is 4.98 Å². The first-order chi connectivity index (χ1) is 8.67. The van der Waals surface area contributed by atoms with Gasteiger partial charge in [-0.05, 0) is 17.7 Å². The molecule has 2 aromatic rings. The lowest BCUT2D eigenvalue weighted by Crippen LogP contribution is -2.11. The molecule has 18 heavy (non-hydrogen) atoms. The smallest absolute Gasteiger partial charge is 0.241 e. The molecule has 0 bridgehead atoms. The maximum atomic E-state index is 11.1. The van der Waals surface area contributed by atoms with Crippen LogP contribution in [0.2, 0.25) is 0 Å². The summed E-state index contributed by atoms with van der Waals surface area (Å²) in [7, 11) is 0. The van der Waals surface area contributed by atoms with Crippen LogP contribution in [-0.4, -0.2) is 16.8 Å². The number of halogens is 2. The van der Waals surface area contributed by atoms with Crippen molar-refractivity contribution < 1.29 is 4.79 Å². The number of nitrogens with zero attached hydrogens (tertiary/aromatic N) is 1. The number of nitrogens with one attached hydrogen (secondary N) is 1. The molecule has 0 fully saturated rings. The molecule has 2 rings (SSSR count). The molecule has 1 aromatic carbocycles. The van der Waals surface area contributed by atoms with Crippen LogP contribution in [0.4, 0.5) is 5.13 Å². The number of aromatic nitrogens is 1. The molecule has 0 saturated carbocycles. The number of thiazole rings is 1. The van der Waals surface area contributed by atoms with Crippen LogP contribution >= 0.6 is 38.9 Å². The van der Waals surface area contributed by atoms with Crippen LogP contribution in [0, 0.1) is 0 Å². The molecular weight excluding hydrogens is 336 g/mol. The number of hydrogen-bond donors (Lipinski definition) is 1. The molecule has 0 aliphatic rings. The Hall–Kier alpha value is -0.910. The minimum Gasteiger partial charge on any atom is -0.301 e. The topological polar surface area (TPSA) is 42.0 Å². The van der Waals surface area contributed by atoms with Crippen molar-refractivity contribution in [3.05, 3.63) is 45.4 Å². The summed E-state index contributed by atoms with van der Waals surface area (Å²) in [5.74, 6) is -0.289. The standard InChI is InChI=1S/C12H10BrClN2OS/c13-9-3-1-8(2-4-9)5-10-7-15-12(18-10)16-11(17)6-14/h1-4,7H,5-6H2,(H,15,16,17). The monoisotopic (exact) mass is 344 g/mol. The SMILES string of the molecule is O=C(CCl)Nc1ncc(Cc2ccc(Br)cc2)s1. The number of alkyl halides is 1. The Balaban J connectivity index is 2.02. The Morgan fingerprint density at radius 2 is 2.11 bits per heavy atom. The van der Waals surface area contributed by atoms with E-state index < -0.39 is 0 Å². The second-order valence-electron chi connectivity index (χ2n) is 3.62. The van der Waals surface area contributed by atoms with Gasteiger partial charge >= 0.3 is 0 Å². The quantitative estimate of drug-likeness (QED) is 0.859. The van der Waals surface area contributed by atoms with Crippen LogP contribution in [-0.2, 0) is 11.2 Å². The van der Waals surface area contributed by atoms with E-state index in [1.807, 2.05) is 12.1 Å². The van der Waals surface area contributed by atoms with E-state index >= 15 is 0 Å². The summed E-state index contributed by atoms with van der Waals surface area (Å²) in [6.45, 7) is 0. The van der Waals surface area contributed by atoms with E-state index in [2.05, 4.69) is 38.4 Å². The van der Waals surface area contributed by atoms with Crippen LogP contribution in [0.25, 0.3) is 0 Å². The lowest BCUT2D eigenvalue weighted by atomic mass is 10.1. The minimum atomic E-state index is -0.235. The van der Waals surface area contributed by atoms with Gasteiger partial charge in [0.1, 0.15) is 5.88 Å². The number of carbonyl (C=O) groups excluding carboxylic acids is 1. The summed E-state index contributed by atoms with van der Waals surface area (Å²) >= 11 is 10.3. The number of amides is 1. The first kappa shape index (κ1) is 13.5. The van der Waals surface area contributed by atoms with Gasteiger partial charge in [-0.2, -0.15) is 0 Å². The molecule has 0 spiro atoms. The number of carbonyl (C=O) groups is 1. The molecule has 1 N–H and O–H groups in total. The fourth-order valence-corrected chi connectivity index (χ4v) is 2.60. The van der Waals surface area contributed by atoms with E-state index in [1.54, 1.807) is 6.20 Å². The van der Waals surface area contributed by atoms with Crippen LogP contribution < -0.4 is 5.32 Å². The van der Waals surface area contributed by atoms with Crippen LogP contribution in [0.3, 0.4) is 0 Å². The fraction of sp³-hybridized carbons (Fsp3) is 0.167. The van der Waals surface area contributed by atoms with Crippen molar-refractivity contribution in [2.75, 3.05) is 11.2 Å². The van der Waals surface area contributed by atoms with Crippen LogP contribution in [0.5, 0.6) is 0 Å². The van der Waals surface area contributed by atoms with Gasteiger partial charge in [-0.15, -0.1) is 22.9 Å². The van der Waals surface area contributed by atoms with Crippen LogP contribution in [0.15, 0.2) is 34.9 Å². The van der Waals surface area contributed by atoms with E-state index in [9.17, 15) is 4.79 Å². The number of rotatable bonds is 4. The maximum absolute atomic E-state index is 11.1. The predicted molar refractivity (Wildman–Crippen MR) is 78.4 cm³/mol. The largest absolute Gasteiger partial charge is 0.301 e. The lowest BCUT2D eigenvalue weighted by Gasteiger charge is -1.98. The van der Waals surface area contributed by atoms with Gasteiger partial charge in [0.25, 0.3) is 0 Å². The molecule has 94 valence electrons. The van der Waals surface area contributed by atoms with Gasteiger partial charge in [0.2, 0.25) is 5.91 Å². The Bertz CT molecular complexity index is 541. The van der Waals surface area contributed by atoms with Crippen molar-refractivity contribution in [1.82, 2.24) is 4.98 Å². The Morgan fingerprint density at radius 1 is 1.39 bits per heavy atom. The number of anilines is 1. The van der Waals surface area contributed by atoms with Crippen LogP contribution in [0.1, 0.15) is 10.4 Å². The second-order valence-corrected chi connectivity index (χ2v) is 5.91. The maximum Gasteiger partial charge on any atom is 0.241 e. The van der Waals surface area contributed by atoms with Crippen molar-refractivity contribution in [2.24, 2.45) is 0 Å². The van der Waals surface area contributed by atoms with Crippen molar-refractivity contribution >= 4 is 49.9 Å². The molecule has 3 nitrogen and oxygen atoms in total. The number of benzene rings is 1. The highest BCUT2D eigenvalue weighted by Gasteiger charge is 2.06. The zero-order chi connectivity index (χ0) is 13.0. The molecule has 0 atom stereocenters. The average Bonchev–Trinajstić information content (AvgIpc) is 2.79. The summed E-state index contributed by atoms with van der Waals surface area (Å²) in [6, 6.07) is 8.13. The highest BCUT2D eigenvalue weighted by atomic mass is 79.9. The summed E-state index contributed by atoms with van der Waals surface area (Å²) in [5.41, 5.74) is 1.21. The van der Waals surface area contributed by atoms with Crippen molar-refractivity contribution in [1.29, 1.82) is 0 Å². The first-order valence-electron chi connectivity index (χ1n) is 5.22. The predicted octanol–water partition coefficient (Wildman–Crippen LogP) is 3.67. The van der Waals surface area contributed by atoms with Gasteiger partial charge in [-0.1, -0.05) is 28.1 Å². The van der Waals surface area contributed by atoms with E-state index in [-0.39, 0.29) is 11.8 Å². The Morgan fingerprint density at radius 3 is 2.78 bits per heavy atom. The molecule has 1 aromatic heterocycles. The molecule has 0 saturated heterocycles. The number of hydrogen-bond acceptors (Lipinski definition) is 3.